The van der Waals surface area contributed by atoms with Crippen LogP contribution in [0.15, 0.2) is 30.3 Å². The van der Waals surface area contributed by atoms with E-state index in [2.05, 4.69) is 10.6 Å². The second-order valence-electron chi connectivity index (χ2n) is 9.87. The van der Waals surface area contributed by atoms with Crippen molar-refractivity contribution >= 4 is 23.8 Å². The molecule has 4 unspecified atom stereocenters. The van der Waals surface area contributed by atoms with Crippen LogP contribution in [0.5, 0.6) is 0 Å². The van der Waals surface area contributed by atoms with Gasteiger partial charge in [0.25, 0.3) is 0 Å². The van der Waals surface area contributed by atoms with Gasteiger partial charge in [-0.3, -0.25) is 14.4 Å². The molecule has 1 aliphatic rings. The van der Waals surface area contributed by atoms with Crippen LogP contribution in [-0.4, -0.2) is 52.4 Å². The lowest BCUT2D eigenvalue weighted by Crippen LogP contribution is -2.55. The van der Waals surface area contributed by atoms with Crippen LogP contribution in [0.3, 0.4) is 0 Å². The maximum Gasteiger partial charge on any atom is 0.408 e. The summed E-state index contributed by atoms with van der Waals surface area (Å²) in [7, 11) is 0. The van der Waals surface area contributed by atoms with Gasteiger partial charge in [-0.25, -0.2) is 4.79 Å². The number of nitrogens with zero attached hydrogens (tertiary/aromatic N) is 1. The number of benzene rings is 1. The van der Waals surface area contributed by atoms with Gasteiger partial charge in [-0.15, -0.1) is 0 Å². The molecular weight excluding hydrogens is 424 g/mol. The normalized spacial score (nSPS) is 19.2. The fourth-order valence-electron chi connectivity index (χ4n) is 3.64. The largest absolute Gasteiger partial charge is 0.444 e. The van der Waals surface area contributed by atoms with E-state index in [0.29, 0.717) is 12.0 Å². The molecule has 1 aliphatic carbocycles. The number of carbonyl (C=O) groups is 4. The smallest absolute Gasteiger partial charge is 0.408 e. The highest BCUT2D eigenvalue weighted by Crippen LogP contribution is 2.40. The Labute approximate surface area is 195 Å². The molecule has 1 aromatic rings. The van der Waals surface area contributed by atoms with Crippen LogP contribution < -0.4 is 16.4 Å². The van der Waals surface area contributed by atoms with Crippen molar-refractivity contribution < 1.29 is 23.9 Å². The Bertz CT molecular complexity index is 865. The number of hydrogen-bond acceptors (Lipinski definition) is 5. The Morgan fingerprint density at radius 1 is 1.12 bits per heavy atom. The molecule has 0 heterocycles. The monoisotopic (exact) mass is 460 g/mol. The second kappa shape index (κ2) is 10.7. The molecule has 2 rings (SSSR count). The van der Waals surface area contributed by atoms with Crippen molar-refractivity contribution in [1.82, 2.24) is 15.5 Å². The fourth-order valence-corrected chi connectivity index (χ4v) is 3.64. The van der Waals surface area contributed by atoms with E-state index >= 15 is 0 Å². The topological polar surface area (TPSA) is 131 Å². The molecule has 0 saturated heterocycles. The minimum atomic E-state index is -1.26. The van der Waals surface area contributed by atoms with Crippen molar-refractivity contribution in [3.63, 3.8) is 0 Å². The summed E-state index contributed by atoms with van der Waals surface area (Å²) >= 11 is 0. The molecule has 0 radical (unpaired) electrons. The summed E-state index contributed by atoms with van der Waals surface area (Å²) in [4.78, 5) is 52.7. The van der Waals surface area contributed by atoms with Crippen molar-refractivity contribution in [3.05, 3.63) is 35.9 Å². The van der Waals surface area contributed by atoms with Gasteiger partial charge in [0, 0.05) is 12.1 Å². The molecular formula is C24H36N4O5. The second-order valence-corrected chi connectivity index (χ2v) is 9.87. The molecule has 1 fully saturated rings. The number of nitrogens with two attached hydrogens (primary N) is 1. The molecule has 1 aromatic carbocycles. The van der Waals surface area contributed by atoms with Crippen LogP contribution in [-0.2, 0) is 19.1 Å². The lowest BCUT2D eigenvalue weighted by Gasteiger charge is -2.35. The highest BCUT2D eigenvalue weighted by molar-refractivity contribution is 5.95. The molecule has 9 nitrogen and oxygen atoms in total. The number of amides is 4. The van der Waals surface area contributed by atoms with Crippen LogP contribution >= 0.6 is 0 Å². The van der Waals surface area contributed by atoms with Gasteiger partial charge in [0.2, 0.25) is 17.7 Å². The fraction of sp³-hybridized carbons (Fsp3) is 0.583. The number of primary amides is 1. The lowest BCUT2D eigenvalue weighted by atomic mass is 10.0. The zero-order valence-corrected chi connectivity index (χ0v) is 20.3. The van der Waals surface area contributed by atoms with Gasteiger partial charge >= 0.3 is 6.09 Å². The summed E-state index contributed by atoms with van der Waals surface area (Å²) in [6.45, 7) is 10.7. The van der Waals surface area contributed by atoms with Crippen LogP contribution in [0.1, 0.15) is 66.0 Å². The van der Waals surface area contributed by atoms with E-state index in [4.69, 9.17) is 10.5 Å². The Hall–Kier alpha value is -3.10. The predicted octanol–water partition coefficient (Wildman–Crippen LogP) is 2.26. The van der Waals surface area contributed by atoms with Crippen molar-refractivity contribution in [3.8, 4) is 0 Å². The Balaban J connectivity index is 2.44. The maximum absolute atomic E-state index is 13.8. The molecule has 9 heteroatoms. The van der Waals surface area contributed by atoms with E-state index in [1.54, 1.807) is 45.0 Å². The SMILES string of the molecule is CC(C)NC(=O)C(c1ccccc1)N(C(=O)C(CC(N)=O)NC(=O)OC(C)(C)C)C1CC1C. The van der Waals surface area contributed by atoms with Gasteiger partial charge in [-0.05, 0) is 52.5 Å². The molecule has 0 aliphatic heterocycles. The first-order valence-electron chi connectivity index (χ1n) is 11.3. The molecule has 0 spiro atoms. The predicted molar refractivity (Wildman–Crippen MR) is 124 cm³/mol. The molecule has 4 atom stereocenters. The number of alkyl carbamates (subject to hydrolysis) is 1. The zero-order chi connectivity index (χ0) is 24.9. The summed E-state index contributed by atoms with van der Waals surface area (Å²) in [5, 5.41) is 5.37. The lowest BCUT2D eigenvalue weighted by molar-refractivity contribution is -0.144. The summed E-state index contributed by atoms with van der Waals surface area (Å²) in [5.41, 5.74) is 5.23. The average Bonchev–Trinajstić information content (AvgIpc) is 3.39. The highest BCUT2D eigenvalue weighted by atomic mass is 16.6. The molecule has 182 valence electrons. The van der Waals surface area contributed by atoms with E-state index in [0.717, 1.165) is 0 Å². The van der Waals surface area contributed by atoms with Crippen molar-refractivity contribution in [2.24, 2.45) is 11.7 Å². The third-order valence-electron chi connectivity index (χ3n) is 5.15. The van der Waals surface area contributed by atoms with Crippen LogP contribution in [0.25, 0.3) is 0 Å². The van der Waals surface area contributed by atoms with E-state index in [1.807, 2.05) is 26.8 Å². The number of nitrogens with one attached hydrogen (secondary N) is 2. The Morgan fingerprint density at radius 2 is 1.70 bits per heavy atom. The zero-order valence-electron chi connectivity index (χ0n) is 20.3. The third kappa shape index (κ3) is 7.76. The first-order valence-corrected chi connectivity index (χ1v) is 11.3. The minimum absolute atomic E-state index is 0.140. The summed E-state index contributed by atoms with van der Waals surface area (Å²) in [6, 6.07) is 6.44. The van der Waals surface area contributed by atoms with Crippen molar-refractivity contribution in [2.45, 2.75) is 84.2 Å². The summed E-state index contributed by atoms with van der Waals surface area (Å²) < 4.78 is 5.27. The Morgan fingerprint density at radius 3 is 2.15 bits per heavy atom. The first kappa shape index (κ1) is 26.2. The first-order chi connectivity index (χ1) is 15.3. The van der Waals surface area contributed by atoms with Gasteiger partial charge in [0.05, 0.1) is 6.42 Å². The summed E-state index contributed by atoms with van der Waals surface area (Å²) in [5.74, 6) is -1.47. The number of carbonyl (C=O) groups excluding carboxylic acids is 4. The quantitative estimate of drug-likeness (QED) is 0.520. The van der Waals surface area contributed by atoms with Crippen LogP contribution in [0.2, 0.25) is 0 Å². The third-order valence-corrected chi connectivity index (χ3v) is 5.15. The van der Waals surface area contributed by atoms with E-state index in [9.17, 15) is 19.2 Å². The molecule has 4 N–H and O–H groups in total. The molecule has 0 aromatic heterocycles. The summed E-state index contributed by atoms with van der Waals surface area (Å²) in [6.07, 6.45) is -0.545. The highest BCUT2D eigenvalue weighted by Gasteiger charge is 2.48. The van der Waals surface area contributed by atoms with Gasteiger partial charge in [0.1, 0.15) is 17.7 Å². The van der Waals surface area contributed by atoms with Gasteiger partial charge in [0.15, 0.2) is 0 Å². The van der Waals surface area contributed by atoms with Gasteiger partial charge < -0.3 is 26.0 Å². The molecule has 4 amide bonds. The minimum Gasteiger partial charge on any atom is -0.444 e. The van der Waals surface area contributed by atoms with Gasteiger partial charge in [-0.1, -0.05) is 37.3 Å². The number of rotatable bonds is 9. The van der Waals surface area contributed by atoms with Crippen molar-refractivity contribution in [1.29, 1.82) is 0 Å². The van der Waals surface area contributed by atoms with Crippen molar-refractivity contribution in [2.75, 3.05) is 0 Å². The Kier molecular flexibility index (Phi) is 8.46. The van der Waals surface area contributed by atoms with E-state index in [1.165, 1.54) is 4.90 Å². The molecule has 0 bridgehead atoms. The van der Waals surface area contributed by atoms with Crippen LogP contribution in [0, 0.1) is 5.92 Å². The van der Waals surface area contributed by atoms with E-state index in [-0.39, 0.29) is 23.9 Å². The maximum atomic E-state index is 13.8. The number of hydrogen-bond donors (Lipinski definition) is 3. The van der Waals surface area contributed by atoms with Crippen LogP contribution in [0.4, 0.5) is 4.79 Å². The standard InChI is InChI=1S/C24H36N4O5/c1-14(2)26-21(30)20(16-10-8-7-9-11-16)28(18-12-15(18)3)22(31)17(13-19(25)29)27-23(32)33-24(4,5)6/h7-11,14-15,17-18,20H,12-13H2,1-6H3,(H2,25,29)(H,26,30)(H,27,32). The molecule has 33 heavy (non-hydrogen) atoms. The average molecular weight is 461 g/mol. The number of ether oxygens (including phenoxy) is 1. The van der Waals surface area contributed by atoms with E-state index < -0.39 is 42.0 Å². The van der Waals surface area contributed by atoms with Gasteiger partial charge in [-0.2, -0.15) is 0 Å². The molecule has 1 saturated carbocycles.